The number of carbonyl (C=O) groups excluding carboxylic acids is 1. The van der Waals surface area contributed by atoms with Gasteiger partial charge in [-0.1, -0.05) is 0 Å². The molecule has 1 aromatic rings. The highest BCUT2D eigenvalue weighted by molar-refractivity contribution is 9.14. The Morgan fingerprint density at radius 1 is 1.47 bits per heavy atom. The van der Waals surface area contributed by atoms with E-state index in [1.165, 1.54) is 7.11 Å². The zero-order chi connectivity index (χ0) is 13.2. The molecule has 0 radical (unpaired) electrons. The molecule has 1 rings (SSSR count). The zero-order valence-electron chi connectivity index (χ0n) is 8.84. The number of hydrogen-bond acceptors (Lipinski definition) is 4. The van der Waals surface area contributed by atoms with E-state index in [0.717, 1.165) is 4.47 Å². The number of rotatable bonds is 3. The van der Waals surface area contributed by atoms with E-state index in [-0.39, 0.29) is 12.2 Å². The maximum Gasteiger partial charge on any atom is 0.322 e. The lowest BCUT2D eigenvalue weighted by atomic mass is 10.1. The molecule has 1 aromatic carbocycles. The summed E-state index contributed by atoms with van der Waals surface area (Å²) in [6.45, 7) is 0. The first-order chi connectivity index (χ1) is 7.88. The molecule has 0 amide bonds. The minimum Gasteiger partial charge on any atom is -0.506 e. The summed E-state index contributed by atoms with van der Waals surface area (Å²) in [6, 6.07) is 0.901. The van der Waals surface area contributed by atoms with Gasteiger partial charge in [-0.2, -0.15) is 0 Å². The Bertz CT molecular complexity index is 451. The number of nitrogens with two attached hydrogens (primary N) is 1. The van der Waals surface area contributed by atoms with Gasteiger partial charge in [0.25, 0.3) is 0 Å². The summed E-state index contributed by atoms with van der Waals surface area (Å²) in [4.78, 5) is 11.2. The third-order valence-electron chi connectivity index (χ3n) is 2.16. The maximum atomic E-state index is 11.2. The molecule has 0 saturated carbocycles. The molecule has 0 aromatic heterocycles. The van der Waals surface area contributed by atoms with Crippen LogP contribution in [0.1, 0.15) is 5.56 Å². The van der Waals surface area contributed by atoms with Crippen molar-refractivity contribution < 1.29 is 14.6 Å². The highest BCUT2D eigenvalue weighted by Crippen LogP contribution is 2.40. The second-order valence-electron chi connectivity index (χ2n) is 3.33. The molecule has 17 heavy (non-hydrogen) atoms. The fraction of sp³-hybridized carbons (Fsp3) is 0.300. The minimum atomic E-state index is -0.800. The number of halogens is 3. The Hall–Kier alpha value is -0.110. The van der Waals surface area contributed by atoms with E-state index in [9.17, 15) is 9.90 Å². The van der Waals surface area contributed by atoms with Gasteiger partial charge in [-0.15, -0.1) is 0 Å². The number of hydrogen-bond donors (Lipinski definition) is 2. The molecule has 0 aliphatic carbocycles. The quantitative estimate of drug-likeness (QED) is 0.570. The van der Waals surface area contributed by atoms with Gasteiger partial charge in [0.15, 0.2) is 0 Å². The zero-order valence-corrected chi connectivity index (χ0v) is 13.6. The van der Waals surface area contributed by atoms with Crippen LogP contribution in [0.2, 0.25) is 0 Å². The van der Waals surface area contributed by atoms with E-state index in [0.29, 0.717) is 14.5 Å². The van der Waals surface area contributed by atoms with Crippen LogP contribution in [-0.2, 0) is 16.0 Å². The fourth-order valence-electron chi connectivity index (χ4n) is 1.26. The monoisotopic (exact) mass is 429 g/mol. The van der Waals surface area contributed by atoms with Crippen LogP contribution in [0.25, 0.3) is 0 Å². The van der Waals surface area contributed by atoms with Crippen molar-refractivity contribution in [2.75, 3.05) is 7.11 Å². The lowest BCUT2D eigenvalue weighted by Gasteiger charge is -2.13. The largest absolute Gasteiger partial charge is 0.506 e. The van der Waals surface area contributed by atoms with Crippen molar-refractivity contribution in [2.24, 2.45) is 5.73 Å². The average molecular weight is 432 g/mol. The molecule has 1 unspecified atom stereocenters. The summed E-state index contributed by atoms with van der Waals surface area (Å²) in [7, 11) is 1.27. The highest BCUT2D eigenvalue weighted by Gasteiger charge is 2.19. The van der Waals surface area contributed by atoms with Gasteiger partial charge < -0.3 is 15.6 Å². The van der Waals surface area contributed by atoms with E-state index in [1.807, 2.05) is 0 Å². The topological polar surface area (TPSA) is 72.5 Å². The molecular weight excluding hydrogens is 422 g/mol. The smallest absolute Gasteiger partial charge is 0.322 e. The molecule has 0 aliphatic heterocycles. The number of esters is 1. The van der Waals surface area contributed by atoms with E-state index in [1.54, 1.807) is 6.07 Å². The predicted octanol–water partition coefficient (Wildman–Crippen LogP) is 2.72. The van der Waals surface area contributed by atoms with Gasteiger partial charge >= 0.3 is 5.97 Å². The molecule has 0 aliphatic rings. The van der Waals surface area contributed by atoms with Crippen molar-refractivity contribution in [3.63, 3.8) is 0 Å². The summed E-state index contributed by atoms with van der Waals surface area (Å²) in [6.07, 6.45) is 0.197. The molecule has 0 saturated heterocycles. The molecule has 4 nitrogen and oxygen atoms in total. The second-order valence-corrected chi connectivity index (χ2v) is 5.77. The Morgan fingerprint density at radius 3 is 2.59 bits per heavy atom. The third-order valence-corrected chi connectivity index (χ3v) is 5.44. The van der Waals surface area contributed by atoms with Crippen molar-refractivity contribution in [3.8, 4) is 5.75 Å². The van der Waals surface area contributed by atoms with Crippen molar-refractivity contribution in [1.82, 2.24) is 0 Å². The summed E-state index contributed by atoms with van der Waals surface area (Å²) >= 11 is 9.87. The minimum absolute atomic E-state index is 0.0550. The van der Waals surface area contributed by atoms with Crippen LogP contribution in [0.15, 0.2) is 19.5 Å². The normalized spacial score (nSPS) is 12.3. The van der Waals surface area contributed by atoms with Crippen LogP contribution in [0.3, 0.4) is 0 Å². The van der Waals surface area contributed by atoms with Crippen molar-refractivity contribution in [3.05, 3.63) is 25.0 Å². The van der Waals surface area contributed by atoms with E-state index in [2.05, 4.69) is 52.5 Å². The van der Waals surface area contributed by atoms with Gasteiger partial charge in [-0.25, -0.2) is 0 Å². The highest BCUT2D eigenvalue weighted by atomic mass is 79.9. The van der Waals surface area contributed by atoms with E-state index in [4.69, 9.17) is 5.73 Å². The molecule has 0 heterocycles. The van der Waals surface area contributed by atoms with Gasteiger partial charge in [-0.3, -0.25) is 4.79 Å². The molecule has 7 heteroatoms. The Morgan fingerprint density at radius 2 is 2.06 bits per heavy atom. The van der Waals surface area contributed by atoms with Gasteiger partial charge in [-0.05, 0) is 59.4 Å². The maximum absolute atomic E-state index is 11.2. The van der Waals surface area contributed by atoms with Crippen molar-refractivity contribution in [1.29, 1.82) is 0 Å². The lowest BCUT2D eigenvalue weighted by molar-refractivity contribution is -0.142. The summed E-state index contributed by atoms with van der Waals surface area (Å²) in [5, 5.41) is 9.90. The van der Waals surface area contributed by atoms with Gasteiger partial charge in [0.2, 0.25) is 0 Å². The standard InChI is InChI=1S/C10H10Br3NO3/c1-17-10(16)6(14)3-4-2-5(11)7(12)8(13)9(4)15/h2,6,15H,3,14H2,1H3. The SMILES string of the molecule is COC(=O)C(N)Cc1cc(Br)c(Br)c(Br)c1O. The number of benzene rings is 1. The lowest BCUT2D eigenvalue weighted by Crippen LogP contribution is -2.33. The summed E-state index contributed by atoms with van der Waals surface area (Å²) in [5.74, 6) is -0.459. The van der Waals surface area contributed by atoms with Crippen LogP contribution in [0.4, 0.5) is 0 Å². The first-order valence-electron chi connectivity index (χ1n) is 4.57. The Kier molecular flexibility index (Phi) is 5.43. The van der Waals surface area contributed by atoms with Gasteiger partial charge in [0.1, 0.15) is 11.8 Å². The number of phenolic OH excluding ortho intramolecular Hbond substituents is 1. The number of phenols is 1. The van der Waals surface area contributed by atoms with Crippen LogP contribution >= 0.6 is 47.8 Å². The molecule has 1 atom stereocenters. The van der Waals surface area contributed by atoms with Crippen LogP contribution < -0.4 is 5.73 Å². The Labute approximate surface area is 124 Å². The molecule has 0 spiro atoms. The molecule has 0 bridgehead atoms. The van der Waals surface area contributed by atoms with Crippen molar-refractivity contribution >= 4 is 53.8 Å². The number of aromatic hydroxyl groups is 1. The van der Waals surface area contributed by atoms with Gasteiger partial charge in [0, 0.05) is 15.4 Å². The first kappa shape index (κ1) is 14.9. The molecule has 94 valence electrons. The summed E-state index contributed by atoms with van der Waals surface area (Å²) < 4.78 is 6.50. The van der Waals surface area contributed by atoms with Gasteiger partial charge in [0.05, 0.1) is 11.6 Å². The predicted molar refractivity (Wildman–Crippen MR) is 74.9 cm³/mol. The van der Waals surface area contributed by atoms with Crippen LogP contribution in [-0.4, -0.2) is 24.2 Å². The van der Waals surface area contributed by atoms with E-state index < -0.39 is 12.0 Å². The number of carbonyl (C=O) groups is 1. The van der Waals surface area contributed by atoms with Crippen LogP contribution in [0.5, 0.6) is 5.75 Å². The second kappa shape index (κ2) is 6.17. The van der Waals surface area contributed by atoms with Crippen LogP contribution in [0, 0.1) is 0 Å². The Balaban J connectivity index is 3.04. The van der Waals surface area contributed by atoms with E-state index >= 15 is 0 Å². The fourth-order valence-corrected chi connectivity index (χ4v) is 2.77. The van der Waals surface area contributed by atoms with Crippen molar-refractivity contribution in [2.45, 2.75) is 12.5 Å². The molecule has 3 N–H and O–H groups in total. The first-order valence-corrected chi connectivity index (χ1v) is 6.95. The molecule has 0 fully saturated rings. The third kappa shape index (κ3) is 3.43. The number of methoxy groups -OCH3 is 1. The number of ether oxygens (including phenoxy) is 1. The molecular formula is C10H10Br3NO3. The summed E-state index contributed by atoms with van der Waals surface area (Å²) in [5.41, 5.74) is 6.20. The average Bonchev–Trinajstić information content (AvgIpc) is 2.32.